The molecule has 1 aromatic carbocycles. The molecule has 0 fully saturated rings. The molecule has 0 saturated heterocycles. The molecule has 1 amide bonds. The molecule has 0 aliphatic heterocycles. The number of nitrogens with zero attached hydrogens (tertiary/aromatic N) is 2. The number of ether oxygens (including phenoxy) is 1. The molecule has 0 atom stereocenters. The molecule has 0 aliphatic rings. The molecule has 1 heterocycles. The highest BCUT2D eigenvalue weighted by Crippen LogP contribution is 2.35. The van der Waals surface area contributed by atoms with E-state index in [1.165, 1.54) is 7.11 Å². The number of hydrogen-bond acceptors (Lipinski definition) is 4. The maximum absolute atomic E-state index is 10.8. The average molecular weight is 287 g/mol. The Kier molecular flexibility index (Phi) is 4.37. The number of aromatic nitrogens is 2. The smallest absolute Gasteiger partial charge is 0.409 e. The third-order valence-corrected chi connectivity index (χ3v) is 3.00. The van der Waals surface area contributed by atoms with Crippen LogP contribution in [0.15, 0.2) is 30.6 Å². The number of anilines is 1. The maximum atomic E-state index is 10.8. The second-order valence-electron chi connectivity index (χ2n) is 4.80. The van der Waals surface area contributed by atoms with Crippen LogP contribution in [0.25, 0.3) is 11.3 Å². The van der Waals surface area contributed by atoms with Crippen molar-refractivity contribution in [2.45, 2.75) is 19.8 Å². The zero-order valence-electron chi connectivity index (χ0n) is 12.1. The van der Waals surface area contributed by atoms with E-state index in [0.29, 0.717) is 28.6 Å². The van der Waals surface area contributed by atoms with Gasteiger partial charge in [-0.15, -0.1) is 0 Å². The van der Waals surface area contributed by atoms with Crippen LogP contribution in [0.3, 0.4) is 0 Å². The second kappa shape index (κ2) is 6.21. The molecule has 0 unspecified atom stereocenters. The Morgan fingerprint density at radius 3 is 2.57 bits per heavy atom. The van der Waals surface area contributed by atoms with Crippen LogP contribution in [0.2, 0.25) is 0 Å². The number of carbonyl (C=O) groups is 1. The number of rotatable bonds is 4. The van der Waals surface area contributed by atoms with E-state index in [9.17, 15) is 4.79 Å². The molecule has 6 heteroatoms. The molecule has 0 radical (unpaired) electrons. The van der Waals surface area contributed by atoms with Crippen molar-refractivity contribution in [2.75, 3.05) is 12.4 Å². The summed E-state index contributed by atoms with van der Waals surface area (Å²) in [5.41, 5.74) is 2.59. The molecule has 110 valence electrons. The van der Waals surface area contributed by atoms with E-state index >= 15 is 0 Å². The van der Waals surface area contributed by atoms with Crippen molar-refractivity contribution < 1.29 is 14.6 Å². The van der Waals surface area contributed by atoms with Gasteiger partial charge in [-0.25, -0.2) is 4.79 Å². The molecule has 0 aliphatic carbocycles. The lowest BCUT2D eigenvalue weighted by molar-refractivity contribution is 0.209. The van der Waals surface area contributed by atoms with Crippen LogP contribution in [0.1, 0.15) is 25.5 Å². The van der Waals surface area contributed by atoms with Crippen molar-refractivity contribution in [2.24, 2.45) is 0 Å². The minimum absolute atomic E-state index is 0.299. The van der Waals surface area contributed by atoms with Gasteiger partial charge in [-0.05, 0) is 18.1 Å². The van der Waals surface area contributed by atoms with Crippen LogP contribution < -0.4 is 10.1 Å². The van der Waals surface area contributed by atoms with E-state index in [1.54, 1.807) is 24.5 Å². The summed E-state index contributed by atoms with van der Waals surface area (Å²) < 4.78 is 5.32. The predicted octanol–water partition coefficient (Wildman–Crippen LogP) is 3.37. The number of para-hydroxylation sites is 1. The first-order valence-corrected chi connectivity index (χ1v) is 6.52. The van der Waals surface area contributed by atoms with Gasteiger partial charge in [-0.3, -0.25) is 15.3 Å². The molecular formula is C15H17N3O3. The fourth-order valence-corrected chi connectivity index (χ4v) is 1.95. The summed E-state index contributed by atoms with van der Waals surface area (Å²) in [4.78, 5) is 19.6. The first-order chi connectivity index (χ1) is 10.0. The Labute approximate surface area is 122 Å². The third-order valence-electron chi connectivity index (χ3n) is 3.00. The molecular weight excluding hydrogens is 270 g/mol. The SMILES string of the molecule is COc1c(NC(=O)O)cccc1-c1cnc(C(C)C)cn1. The van der Waals surface area contributed by atoms with Crippen molar-refractivity contribution in [3.05, 3.63) is 36.3 Å². The summed E-state index contributed by atoms with van der Waals surface area (Å²) in [6.45, 7) is 4.09. The quantitative estimate of drug-likeness (QED) is 0.900. The molecule has 2 aromatic rings. The highest BCUT2D eigenvalue weighted by molar-refractivity contribution is 5.88. The Morgan fingerprint density at radius 1 is 1.29 bits per heavy atom. The molecule has 21 heavy (non-hydrogen) atoms. The first kappa shape index (κ1) is 14.8. The summed E-state index contributed by atoms with van der Waals surface area (Å²) in [5, 5.41) is 11.2. The summed E-state index contributed by atoms with van der Waals surface area (Å²) in [6, 6.07) is 5.18. The van der Waals surface area contributed by atoms with E-state index in [4.69, 9.17) is 9.84 Å². The van der Waals surface area contributed by atoms with Crippen LogP contribution in [0.4, 0.5) is 10.5 Å². The molecule has 0 bridgehead atoms. The van der Waals surface area contributed by atoms with Crippen LogP contribution in [0, 0.1) is 0 Å². The second-order valence-corrected chi connectivity index (χ2v) is 4.80. The molecule has 2 N–H and O–H groups in total. The van der Waals surface area contributed by atoms with Gasteiger partial charge in [0, 0.05) is 11.8 Å². The van der Waals surface area contributed by atoms with Gasteiger partial charge >= 0.3 is 6.09 Å². The van der Waals surface area contributed by atoms with Crippen molar-refractivity contribution in [1.29, 1.82) is 0 Å². The van der Waals surface area contributed by atoms with Crippen molar-refractivity contribution in [3.63, 3.8) is 0 Å². The van der Waals surface area contributed by atoms with Gasteiger partial charge in [0.1, 0.15) is 0 Å². The first-order valence-electron chi connectivity index (χ1n) is 6.52. The molecule has 2 rings (SSSR count). The number of amides is 1. The Hall–Kier alpha value is -2.63. The Morgan fingerprint density at radius 2 is 2.05 bits per heavy atom. The Balaban J connectivity index is 2.45. The highest BCUT2D eigenvalue weighted by atomic mass is 16.5. The number of benzene rings is 1. The zero-order valence-corrected chi connectivity index (χ0v) is 12.1. The van der Waals surface area contributed by atoms with Gasteiger partial charge in [0.15, 0.2) is 5.75 Å². The molecule has 6 nitrogen and oxygen atoms in total. The molecule has 0 spiro atoms. The van der Waals surface area contributed by atoms with E-state index in [1.807, 2.05) is 19.9 Å². The normalized spacial score (nSPS) is 10.5. The number of hydrogen-bond donors (Lipinski definition) is 2. The van der Waals surface area contributed by atoms with Crippen LogP contribution in [0.5, 0.6) is 5.75 Å². The third kappa shape index (κ3) is 3.28. The van der Waals surface area contributed by atoms with Gasteiger partial charge < -0.3 is 9.84 Å². The predicted molar refractivity (Wildman–Crippen MR) is 79.8 cm³/mol. The standard InChI is InChI=1S/C15H17N3O3/c1-9(2)12-7-17-13(8-16-12)10-5-4-6-11(14(10)21-3)18-15(19)20/h4-9,18H,1-3H3,(H,19,20). The summed E-state index contributed by atoms with van der Waals surface area (Å²) in [6.07, 6.45) is 2.24. The van der Waals surface area contributed by atoms with Crippen LogP contribution in [-0.4, -0.2) is 28.3 Å². The van der Waals surface area contributed by atoms with E-state index in [2.05, 4.69) is 15.3 Å². The average Bonchev–Trinajstić information content (AvgIpc) is 2.46. The number of carboxylic acid groups (broad SMARTS) is 1. The lowest BCUT2D eigenvalue weighted by atomic mass is 10.1. The Bertz CT molecular complexity index is 639. The van der Waals surface area contributed by atoms with E-state index in [0.717, 1.165) is 5.69 Å². The van der Waals surface area contributed by atoms with E-state index in [-0.39, 0.29) is 0 Å². The highest BCUT2D eigenvalue weighted by Gasteiger charge is 2.14. The summed E-state index contributed by atoms with van der Waals surface area (Å²) in [5.74, 6) is 0.722. The lowest BCUT2D eigenvalue weighted by Gasteiger charge is -2.13. The minimum atomic E-state index is -1.15. The van der Waals surface area contributed by atoms with Crippen LogP contribution in [-0.2, 0) is 0 Å². The van der Waals surface area contributed by atoms with Gasteiger partial charge in [0.05, 0.1) is 30.4 Å². The fraction of sp³-hybridized carbons (Fsp3) is 0.267. The number of nitrogens with one attached hydrogen (secondary N) is 1. The fourth-order valence-electron chi connectivity index (χ4n) is 1.95. The summed E-state index contributed by atoms with van der Waals surface area (Å²) >= 11 is 0. The van der Waals surface area contributed by atoms with Gasteiger partial charge in [0.2, 0.25) is 0 Å². The van der Waals surface area contributed by atoms with Crippen molar-refractivity contribution in [1.82, 2.24) is 9.97 Å². The number of methoxy groups -OCH3 is 1. The lowest BCUT2D eigenvalue weighted by Crippen LogP contribution is -2.09. The summed E-state index contributed by atoms with van der Waals surface area (Å²) in [7, 11) is 1.49. The largest absolute Gasteiger partial charge is 0.494 e. The van der Waals surface area contributed by atoms with Crippen LogP contribution >= 0.6 is 0 Å². The molecule has 0 saturated carbocycles. The van der Waals surface area contributed by atoms with Gasteiger partial charge in [-0.1, -0.05) is 19.9 Å². The van der Waals surface area contributed by atoms with Crippen molar-refractivity contribution in [3.8, 4) is 17.0 Å². The van der Waals surface area contributed by atoms with E-state index < -0.39 is 6.09 Å². The maximum Gasteiger partial charge on any atom is 0.409 e. The topological polar surface area (TPSA) is 84.3 Å². The van der Waals surface area contributed by atoms with Gasteiger partial charge in [-0.2, -0.15) is 0 Å². The van der Waals surface area contributed by atoms with Crippen molar-refractivity contribution >= 4 is 11.8 Å². The monoisotopic (exact) mass is 287 g/mol. The zero-order chi connectivity index (χ0) is 15.4. The van der Waals surface area contributed by atoms with Gasteiger partial charge in [0.25, 0.3) is 0 Å². The molecule has 1 aromatic heterocycles. The minimum Gasteiger partial charge on any atom is -0.494 e.